The Bertz CT molecular complexity index is 3320. The molecule has 1 atom stereocenters. The van der Waals surface area contributed by atoms with Crippen LogP contribution in [0.4, 0.5) is 17.1 Å². The third-order valence-corrected chi connectivity index (χ3v) is 13.2. The van der Waals surface area contributed by atoms with Crippen molar-refractivity contribution >= 4 is 27.8 Å². The van der Waals surface area contributed by atoms with Crippen LogP contribution < -0.4 is 9.64 Å². The summed E-state index contributed by atoms with van der Waals surface area (Å²) in [6, 6.07) is 83.8. The minimum Gasteiger partial charge on any atom is -0.456 e. The molecular weight excluding hydrogens is 751 g/mol. The van der Waals surface area contributed by atoms with E-state index in [9.17, 15) is 0 Å². The van der Waals surface area contributed by atoms with Crippen molar-refractivity contribution in [3.63, 3.8) is 0 Å². The number of hydrogen-bond acceptors (Lipinski definition) is 2. The first-order valence-electron chi connectivity index (χ1n) is 21.4. The van der Waals surface area contributed by atoms with Crippen LogP contribution in [0, 0.1) is 0 Å². The molecule has 1 heterocycles. The third-order valence-electron chi connectivity index (χ3n) is 13.2. The molecule has 10 aromatic rings. The lowest BCUT2D eigenvalue weighted by atomic mass is 9.74. The van der Waals surface area contributed by atoms with Gasteiger partial charge < -0.3 is 9.64 Å². The summed E-state index contributed by atoms with van der Waals surface area (Å²) in [6.07, 6.45) is 0. The van der Waals surface area contributed by atoms with Crippen molar-refractivity contribution in [1.29, 1.82) is 0 Å². The van der Waals surface area contributed by atoms with Gasteiger partial charge in [0.05, 0.1) is 0 Å². The van der Waals surface area contributed by atoms with Gasteiger partial charge in [0.1, 0.15) is 11.5 Å². The van der Waals surface area contributed by atoms with E-state index in [1.807, 2.05) is 6.07 Å². The van der Waals surface area contributed by atoms with Gasteiger partial charge in [-0.1, -0.05) is 182 Å². The molecule has 0 bridgehead atoms. The highest BCUT2D eigenvalue weighted by Crippen LogP contribution is 2.54. The normalized spacial score (nSPS) is 14.4. The van der Waals surface area contributed by atoms with Crippen molar-refractivity contribution in [3.8, 4) is 67.1 Å². The number of benzene rings is 10. The van der Waals surface area contributed by atoms with Crippen LogP contribution in [-0.4, -0.2) is 0 Å². The number of fused-ring (bicyclic) bond motifs is 5. The molecule has 12 rings (SSSR count). The van der Waals surface area contributed by atoms with Gasteiger partial charge in [0.25, 0.3) is 0 Å². The molecule has 0 aromatic heterocycles. The zero-order valence-corrected chi connectivity index (χ0v) is 34.3. The molecule has 292 valence electrons. The maximum absolute atomic E-state index is 6.49. The van der Waals surface area contributed by atoms with Gasteiger partial charge in [-0.2, -0.15) is 0 Å². The first-order chi connectivity index (χ1) is 30.6. The zero-order chi connectivity index (χ0) is 41.2. The highest BCUT2D eigenvalue weighted by Gasteiger charge is 2.41. The molecule has 0 fully saturated rings. The molecule has 1 unspecified atom stereocenters. The van der Waals surface area contributed by atoms with E-state index in [-0.39, 0.29) is 5.41 Å². The number of nitrogens with zero attached hydrogens (tertiary/aromatic N) is 1. The molecule has 62 heavy (non-hydrogen) atoms. The van der Waals surface area contributed by atoms with E-state index in [1.165, 1.54) is 66.6 Å². The van der Waals surface area contributed by atoms with E-state index >= 15 is 0 Å². The first kappa shape index (κ1) is 36.0. The van der Waals surface area contributed by atoms with Crippen molar-refractivity contribution in [2.24, 2.45) is 0 Å². The summed E-state index contributed by atoms with van der Waals surface area (Å²) in [5.74, 6) is 1.79. The Kier molecular flexibility index (Phi) is 8.33. The van der Waals surface area contributed by atoms with Crippen molar-refractivity contribution < 1.29 is 4.74 Å². The van der Waals surface area contributed by atoms with E-state index in [2.05, 4.69) is 236 Å². The first-order valence-corrected chi connectivity index (χ1v) is 21.4. The highest BCUT2D eigenvalue weighted by atomic mass is 16.5. The standard InChI is InChI=1S/C60H41NO/c1-60(45-17-6-3-7-18-45)55-24-10-8-20-50(55)51-35-34-48(39-56(51)60)61(46-32-30-43(31-33-46)42-28-26-41(27-29-42)40-14-4-2-5-15-40)47-19-12-16-44(38-47)49-36-37-58-59-53(49)22-13-23-54(59)52-21-9-11-25-57(52)62-58/h2-39H,1H3. The Morgan fingerprint density at radius 3 is 1.66 bits per heavy atom. The Morgan fingerprint density at radius 2 is 0.887 bits per heavy atom. The van der Waals surface area contributed by atoms with E-state index in [0.717, 1.165) is 45.1 Å². The quantitative estimate of drug-likeness (QED) is 0.159. The summed E-state index contributed by atoms with van der Waals surface area (Å²) in [4.78, 5) is 2.42. The molecule has 0 spiro atoms. The maximum atomic E-state index is 6.49. The van der Waals surface area contributed by atoms with E-state index in [4.69, 9.17) is 4.74 Å². The van der Waals surface area contributed by atoms with Crippen LogP contribution in [0.1, 0.15) is 23.6 Å². The Balaban J connectivity index is 1.00. The maximum Gasteiger partial charge on any atom is 0.135 e. The van der Waals surface area contributed by atoms with Gasteiger partial charge in [-0.15, -0.1) is 0 Å². The second-order valence-electron chi connectivity index (χ2n) is 16.6. The van der Waals surface area contributed by atoms with Crippen molar-refractivity contribution in [2.75, 3.05) is 4.90 Å². The monoisotopic (exact) mass is 791 g/mol. The van der Waals surface area contributed by atoms with E-state index in [0.29, 0.717) is 0 Å². The molecule has 2 aliphatic rings. The van der Waals surface area contributed by atoms with E-state index < -0.39 is 0 Å². The van der Waals surface area contributed by atoms with Gasteiger partial charge >= 0.3 is 0 Å². The average Bonchev–Trinajstić information content (AvgIpc) is 3.60. The molecule has 0 saturated heterocycles. The molecule has 2 heteroatoms. The van der Waals surface area contributed by atoms with Crippen LogP contribution in [0.25, 0.3) is 66.4 Å². The van der Waals surface area contributed by atoms with Crippen molar-refractivity contribution in [2.45, 2.75) is 12.3 Å². The number of anilines is 3. The smallest absolute Gasteiger partial charge is 0.135 e. The minimum absolute atomic E-state index is 0.323. The highest BCUT2D eigenvalue weighted by molar-refractivity contribution is 6.10. The number of ether oxygens (including phenoxy) is 1. The summed E-state index contributed by atoms with van der Waals surface area (Å²) in [5, 5.41) is 2.33. The molecule has 0 saturated carbocycles. The molecular formula is C60H41NO. The van der Waals surface area contributed by atoms with Crippen LogP contribution >= 0.6 is 0 Å². The lowest BCUT2D eigenvalue weighted by molar-refractivity contribution is 0.487. The summed E-state index contributed by atoms with van der Waals surface area (Å²) < 4.78 is 6.49. The Morgan fingerprint density at radius 1 is 0.339 bits per heavy atom. The molecule has 0 radical (unpaired) electrons. The van der Waals surface area contributed by atoms with Gasteiger partial charge in [-0.3, -0.25) is 0 Å². The SMILES string of the molecule is CC1(c2ccccc2)c2ccccc2-c2ccc(N(c3ccc(-c4ccc(-c5ccccc5)cc4)cc3)c3cccc(-c4ccc5c6c(cccc46)-c4ccccc4O5)c3)cc21. The van der Waals surface area contributed by atoms with Crippen LogP contribution in [0.2, 0.25) is 0 Å². The van der Waals surface area contributed by atoms with Crippen molar-refractivity contribution in [3.05, 3.63) is 247 Å². The van der Waals surface area contributed by atoms with Gasteiger partial charge in [0.15, 0.2) is 0 Å². The van der Waals surface area contributed by atoms with Crippen LogP contribution in [0.3, 0.4) is 0 Å². The number of rotatable bonds is 7. The predicted octanol–water partition coefficient (Wildman–Crippen LogP) is 16.4. The minimum atomic E-state index is -0.323. The fourth-order valence-electron chi connectivity index (χ4n) is 10.1. The lowest BCUT2D eigenvalue weighted by Crippen LogP contribution is -2.22. The van der Waals surface area contributed by atoms with Gasteiger partial charge in [-0.05, 0) is 128 Å². The Hall–Kier alpha value is -7.94. The molecule has 0 N–H and O–H groups in total. The summed E-state index contributed by atoms with van der Waals surface area (Å²) in [6.45, 7) is 2.39. The molecule has 0 amide bonds. The van der Waals surface area contributed by atoms with Gasteiger partial charge in [-0.25, -0.2) is 0 Å². The Labute approximate surface area is 362 Å². The van der Waals surface area contributed by atoms with Crippen LogP contribution in [0.5, 0.6) is 11.5 Å². The lowest BCUT2D eigenvalue weighted by Gasteiger charge is -2.31. The number of para-hydroxylation sites is 1. The van der Waals surface area contributed by atoms with E-state index in [1.54, 1.807) is 0 Å². The topological polar surface area (TPSA) is 12.5 Å². The number of hydrogen-bond donors (Lipinski definition) is 0. The summed E-state index contributed by atoms with van der Waals surface area (Å²) >= 11 is 0. The fourth-order valence-corrected chi connectivity index (χ4v) is 10.1. The van der Waals surface area contributed by atoms with Crippen LogP contribution in [0.15, 0.2) is 231 Å². The summed E-state index contributed by atoms with van der Waals surface area (Å²) in [5.41, 5.74) is 18.9. The molecule has 10 aromatic carbocycles. The molecule has 1 aliphatic carbocycles. The average molecular weight is 792 g/mol. The second-order valence-corrected chi connectivity index (χ2v) is 16.6. The third kappa shape index (κ3) is 5.72. The molecule has 1 aliphatic heterocycles. The predicted molar refractivity (Wildman–Crippen MR) is 258 cm³/mol. The molecule has 2 nitrogen and oxygen atoms in total. The fraction of sp³-hybridized carbons (Fsp3) is 0.0333. The van der Waals surface area contributed by atoms with Crippen LogP contribution in [-0.2, 0) is 5.41 Å². The largest absolute Gasteiger partial charge is 0.456 e. The van der Waals surface area contributed by atoms with Gasteiger partial charge in [0.2, 0.25) is 0 Å². The van der Waals surface area contributed by atoms with Crippen molar-refractivity contribution in [1.82, 2.24) is 0 Å². The van der Waals surface area contributed by atoms with Gasteiger partial charge in [0, 0.05) is 33.4 Å². The zero-order valence-electron chi connectivity index (χ0n) is 34.3. The second kappa shape index (κ2) is 14.4. The summed E-state index contributed by atoms with van der Waals surface area (Å²) in [7, 11) is 0.